The average molecular weight is 438 g/mol. The molecule has 4 rings (SSSR count). The Hall–Kier alpha value is -1.29. The summed E-state index contributed by atoms with van der Waals surface area (Å²) in [6, 6.07) is 8.19. The molecule has 1 aromatic carbocycles. The highest BCUT2D eigenvalue weighted by molar-refractivity contribution is 9.10. The maximum absolute atomic E-state index is 5.67. The molecular weight excluding hydrogens is 422 g/mol. The number of halogens is 1. The van der Waals surface area contributed by atoms with Crippen LogP contribution in [0.25, 0.3) is 10.6 Å². The van der Waals surface area contributed by atoms with Crippen molar-refractivity contribution in [1.29, 1.82) is 0 Å². The smallest absolute Gasteiger partial charge is 0.209 e. The highest BCUT2D eigenvalue weighted by atomic mass is 79.9. The van der Waals surface area contributed by atoms with Gasteiger partial charge in [-0.25, -0.2) is 9.67 Å². The molecule has 1 saturated heterocycles. The van der Waals surface area contributed by atoms with Crippen molar-refractivity contribution in [2.45, 2.75) is 36.4 Å². The number of tetrazole rings is 1. The van der Waals surface area contributed by atoms with Crippen LogP contribution in [0.2, 0.25) is 0 Å². The van der Waals surface area contributed by atoms with Crippen molar-refractivity contribution in [2.24, 2.45) is 0 Å². The summed E-state index contributed by atoms with van der Waals surface area (Å²) in [5.74, 6) is 0.746. The summed E-state index contributed by atoms with van der Waals surface area (Å²) >= 11 is 6.77. The molecule has 1 atom stereocenters. The van der Waals surface area contributed by atoms with Gasteiger partial charge in [0.2, 0.25) is 5.16 Å². The molecule has 6 nitrogen and oxygen atoms in total. The summed E-state index contributed by atoms with van der Waals surface area (Å²) in [7, 11) is 0. The number of benzene rings is 1. The molecule has 2 aromatic heterocycles. The molecule has 3 aromatic rings. The van der Waals surface area contributed by atoms with Gasteiger partial charge in [-0.05, 0) is 35.4 Å². The molecular formula is C16H16BrN5OS2. The second kappa shape index (κ2) is 7.94. The summed E-state index contributed by atoms with van der Waals surface area (Å²) in [6.07, 6.45) is 2.42. The van der Waals surface area contributed by atoms with E-state index in [0.29, 0.717) is 0 Å². The van der Waals surface area contributed by atoms with Crippen molar-refractivity contribution in [1.82, 2.24) is 25.2 Å². The van der Waals surface area contributed by atoms with E-state index >= 15 is 0 Å². The van der Waals surface area contributed by atoms with Gasteiger partial charge in [-0.3, -0.25) is 0 Å². The van der Waals surface area contributed by atoms with Crippen molar-refractivity contribution >= 4 is 39.0 Å². The number of thioether (sulfide) groups is 1. The highest BCUT2D eigenvalue weighted by Crippen LogP contribution is 2.29. The molecule has 9 heteroatoms. The Bertz CT molecular complexity index is 846. The molecule has 0 N–H and O–H groups in total. The van der Waals surface area contributed by atoms with Crippen LogP contribution < -0.4 is 0 Å². The Morgan fingerprint density at radius 1 is 1.40 bits per heavy atom. The Morgan fingerprint density at radius 2 is 2.36 bits per heavy atom. The normalized spacial score (nSPS) is 17.2. The largest absolute Gasteiger partial charge is 0.376 e. The minimum atomic E-state index is 0.227. The number of aromatic nitrogens is 5. The maximum Gasteiger partial charge on any atom is 0.209 e. The van der Waals surface area contributed by atoms with Gasteiger partial charge in [0.05, 0.1) is 18.3 Å². The van der Waals surface area contributed by atoms with E-state index in [1.54, 1.807) is 23.1 Å². The molecule has 0 saturated carbocycles. The van der Waals surface area contributed by atoms with Crippen LogP contribution in [0.3, 0.4) is 0 Å². The van der Waals surface area contributed by atoms with Crippen LogP contribution in [0, 0.1) is 0 Å². The molecule has 1 aliphatic heterocycles. The molecule has 130 valence electrons. The van der Waals surface area contributed by atoms with E-state index in [4.69, 9.17) is 9.72 Å². The average Bonchev–Trinajstić information content (AvgIpc) is 3.36. The molecule has 0 aliphatic carbocycles. The molecule has 0 radical (unpaired) electrons. The van der Waals surface area contributed by atoms with Gasteiger partial charge in [0.15, 0.2) is 0 Å². The van der Waals surface area contributed by atoms with E-state index < -0.39 is 0 Å². The predicted molar refractivity (Wildman–Crippen MR) is 102 cm³/mol. The molecule has 0 spiro atoms. The first-order valence-electron chi connectivity index (χ1n) is 7.99. The monoisotopic (exact) mass is 437 g/mol. The summed E-state index contributed by atoms with van der Waals surface area (Å²) in [5, 5.41) is 15.9. The first-order chi connectivity index (χ1) is 12.3. The number of nitrogens with zero attached hydrogens (tertiary/aromatic N) is 5. The summed E-state index contributed by atoms with van der Waals surface area (Å²) in [4.78, 5) is 4.73. The predicted octanol–water partition coefficient (Wildman–Crippen LogP) is 4.03. The lowest BCUT2D eigenvalue weighted by Crippen LogP contribution is -2.16. The van der Waals surface area contributed by atoms with Crippen LogP contribution >= 0.6 is 39.0 Å². The van der Waals surface area contributed by atoms with Gasteiger partial charge in [0.1, 0.15) is 5.01 Å². The summed E-state index contributed by atoms with van der Waals surface area (Å²) in [5.41, 5.74) is 2.16. The van der Waals surface area contributed by atoms with Gasteiger partial charge in [-0.15, -0.1) is 16.4 Å². The Labute approximate surface area is 162 Å². The van der Waals surface area contributed by atoms with E-state index in [-0.39, 0.29) is 6.10 Å². The van der Waals surface area contributed by atoms with Crippen LogP contribution in [0.1, 0.15) is 18.5 Å². The van der Waals surface area contributed by atoms with Crippen LogP contribution in [0.4, 0.5) is 0 Å². The maximum atomic E-state index is 5.67. The minimum absolute atomic E-state index is 0.227. The number of thiazole rings is 1. The number of hydrogen-bond donors (Lipinski definition) is 0. The molecule has 1 aliphatic rings. The van der Waals surface area contributed by atoms with Gasteiger partial charge < -0.3 is 4.74 Å². The van der Waals surface area contributed by atoms with E-state index in [1.807, 2.05) is 16.8 Å². The molecule has 0 amide bonds. The van der Waals surface area contributed by atoms with Crippen molar-refractivity contribution < 1.29 is 4.74 Å². The molecule has 1 fully saturated rings. The zero-order valence-electron chi connectivity index (χ0n) is 13.3. The van der Waals surface area contributed by atoms with Gasteiger partial charge in [0.25, 0.3) is 0 Å². The third-order valence-corrected chi connectivity index (χ3v) is 6.30. The number of hydrogen-bond acceptors (Lipinski definition) is 7. The van der Waals surface area contributed by atoms with Crippen molar-refractivity contribution in [3.8, 4) is 10.6 Å². The standard InChI is InChI=1S/C16H16BrN5OS2/c17-12-4-1-3-11(7-12)15-18-13(9-24-15)10-25-16-19-20-21-22(16)8-14-5-2-6-23-14/h1,3-4,7,9,14H,2,5-6,8,10H2. The van der Waals surface area contributed by atoms with E-state index in [0.717, 1.165) is 57.6 Å². The third-order valence-electron chi connectivity index (χ3n) is 3.87. The fraction of sp³-hybridized carbons (Fsp3) is 0.375. The first-order valence-corrected chi connectivity index (χ1v) is 10.6. The second-order valence-corrected chi connectivity index (χ2v) is 8.44. The van der Waals surface area contributed by atoms with E-state index in [1.165, 1.54) is 0 Å². The second-order valence-electron chi connectivity index (χ2n) is 5.72. The SMILES string of the molecule is Brc1cccc(-c2nc(CSc3nnnn3CC3CCCO3)cs2)c1. The first kappa shape index (κ1) is 17.1. The quantitative estimate of drug-likeness (QED) is 0.542. The Morgan fingerprint density at radius 3 is 3.20 bits per heavy atom. The van der Waals surface area contributed by atoms with Gasteiger partial charge >= 0.3 is 0 Å². The lowest BCUT2D eigenvalue weighted by molar-refractivity contribution is 0.0912. The van der Waals surface area contributed by atoms with E-state index in [9.17, 15) is 0 Å². The van der Waals surface area contributed by atoms with Gasteiger partial charge in [-0.2, -0.15) is 0 Å². The number of rotatable bonds is 6. The lowest BCUT2D eigenvalue weighted by Gasteiger charge is -2.09. The Kier molecular flexibility index (Phi) is 5.45. The fourth-order valence-electron chi connectivity index (χ4n) is 2.66. The fourth-order valence-corrected chi connectivity index (χ4v) is 4.76. The van der Waals surface area contributed by atoms with Crippen molar-refractivity contribution in [3.05, 3.63) is 39.8 Å². The van der Waals surface area contributed by atoms with Crippen LogP contribution in [-0.4, -0.2) is 37.9 Å². The topological polar surface area (TPSA) is 65.7 Å². The Balaban J connectivity index is 1.40. The van der Waals surface area contributed by atoms with Gasteiger partial charge in [0, 0.05) is 27.8 Å². The van der Waals surface area contributed by atoms with E-state index in [2.05, 4.69) is 49.0 Å². The molecule has 1 unspecified atom stereocenters. The molecule has 25 heavy (non-hydrogen) atoms. The van der Waals surface area contributed by atoms with Crippen LogP contribution in [0.5, 0.6) is 0 Å². The zero-order chi connectivity index (χ0) is 17.1. The summed E-state index contributed by atoms with van der Waals surface area (Å²) < 4.78 is 8.56. The number of ether oxygens (including phenoxy) is 1. The highest BCUT2D eigenvalue weighted by Gasteiger charge is 2.19. The van der Waals surface area contributed by atoms with Crippen LogP contribution in [-0.2, 0) is 17.0 Å². The molecule has 3 heterocycles. The lowest BCUT2D eigenvalue weighted by atomic mass is 10.2. The van der Waals surface area contributed by atoms with Gasteiger partial charge in [-0.1, -0.05) is 39.8 Å². The van der Waals surface area contributed by atoms with Crippen molar-refractivity contribution in [2.75, 3.05) is 6.61 Å². The third kappa shape index (κ3) is 4.28. The van der Waals surface area contributed by atoms with Crippen molar-refractivity contribution in [3.63, 3.8) is 0 Å². The molecule has 0 bridgehead atoms. The van der Waals surface area contributed by atoms with Crippen LogP contribution in [0.15, 0.2) is 39.3 Å². The zero-order valence-corrected chi connectivity index (χ0v) is 16.6. The minimum Gasteiger partial charge on any atom is -0.376 e. The summed E-state index contributed by atoms with van der Waals surface area (Å²) in [6.45, 7) is 1.56.